The Morgan fingerprint density at radius 2 is 1.75 bits per heavy atom. The zero-order valence-electron chi connectivity index (χ0n) is 18.9. The zero-order chi connectivity index (χ0) is 26.0. The van der Waals surface area contributed by atoms with Gasteiger partial charge in [0.2, 0.25) is 15.9 Å². The molecule has 1 fully saturated rings. The van der Waals surface area contributed by atoms with Gasteiger partial charge in [-0.1, -0.05) is 23.7 Å². The lowest BCUT2D eigenvalue weighted by Crippen LogP contribution is -2.43. The molecule has 0 radical (unpaired) electrons. The molecule has 1 unspecified atom stereocenters. The summed E-state index contributed by atoms with van der Waals surface area (Å²) in [6, 6.07) is 12.8. The number of halogens is 3. The second kappa shape index (κ2) is 10.1. The van der Waals surface area contributed by atoms with E-state index < -0.39 is 39.6 Å². The van der Waals surface area contributed by atoms with Gasteiger partial charge in [0.15, 0.2) is 0 Å². The quantitative estimate of drug-likeness (QED) is 0.430. The van der Waals surface area contributed by atoms with Gasteiger partial charge in [0.1, 0.15) is 17.7 Å². The molecule has 188 valence electrons. The highest BCUT2D eigenvalue weighted by Gasteiger charge is 2.34. The van der Waals surface area contributed by atoms with Crippen molar-refractivity contribution in [2.45, 2.75) is 12.5 Å². The van der Waals surface area contributed by atoms with Crippen molar-refractivity contribution in [1.29, 1.82) is 0 Å². The van der Waals surface area contributed by atoms with Crippen LogP contribution in [0.3, 0.4) is 0 Å². The van der Waals surface area contributed by atoms with E-state index >= 15 is 4.39 Å². The Morgan fingerprint density at radius 3 is 2.42 bits per heavy atom. The maximum absolute atomic E-state index is 15.1. The van der Waals surface area contributed by atoms with E-state index in [0.29, 0.717) is 17.1 Å². The van der Waals surface area contributed by atoms with E-state index in [0.717, 1.165) is 18.4 Å². The number of anilines is 3. The van der Waals surface area contributed by atoms with Gasteiger partial charge in [-0.25, -0.2) is 22.0 Å². The van der Waals surface area contributed by atoms with Gasteiger partial charge in [-0.2, -0.15) is 0 Å². The van der Waals surface area contributed by atoms with Gasteiger partial charge in [-0.05, 0) is 55.0 Å². The molecule has 3 aromatic rings. The Labute approximate surface area is 211 Å². The first kappa shape index (κ1) is 25.4. The summed E-state index contributed by atoms with van der Waals surface area (Å²) in [6.07, 6.45) is 1.17. The van der Waals surface area contributed by atoms with Crippen LogP contribution < -0.4 is 20.3 Å². The molecule has 12 heteroatoms. The van der Waals surface area contributed by atoms with Gasteiger partial charge in [-0.3, -0.25) is 9.52 Å². The molecule has 3 N–H and O–H groups in total. The summed E-state index contributed by atoms with van der Waals surface area (Å²) in [4.78, 5) is 26.5. The Balaban J connectivity index is 1.50. The van der Waals surface area contributed by atoms with Crippen molar-refractivity contribution >= 4 is 50.6 Å². The first-order valence-electron chi connectivity index (χ1n) is 10.7. The van der Waals surface area contributed by atoms with Crippen LogP contribution in [0, 0.1) is 11.6 Å². The second-order valence-electron chi connectivity index (χ2n) is 8.14. The molecule has 0 bridgehead atoms. The summed E-state index contributed by atoms with van der Waals surface area (Å²) in [5.74, 6) is -2.06. The van der Waals surface area contributed by atoms with E-state index in [1.807, 2.05) is 0 Å². The predicted octanol–water partition coefficient (Wildman–Crippen LogP) is 4.58. The monoisotopic (exact) mass is 534 g/mol. The summed E-state index contributed by atoms with van der Waals surface area (Å²) >= 11 is 5.83. The van der Waals surface area contributed by atoms with Gasteiger partial charge in [0, 0.05) is 34.1 Å². The maximum Gasteiger partial charge on any atom is 0.319 e. The molecule has 1 atom stereocenters. The SMILES string of the molecule is CS(=O)(=O)Nc1c(F)cccc1-c1ccc(N2CCC(NC(=O)Nc3ccc(Cl)cc3)C2=O)cc1F. The van der Waals surface area contributed by atoms with Gasteiger partial charge < -0.3 is 15.5 Å². The van der Waals surface area contributed by atoms with Crippen LogP contribution in [0.5, 0.6) is 0 Å². The molecule has 1 saturated heterocycles. The Kier molecular flexibility index (Phi) is 7.14. The van der Waals surface area contributed by atoms with Gasteiger partial charge in [-0.15, -0.1) is 0 Å². The topological polar surface area (TPSA) is 108 Å². The van der Waals surface area contributed by atoms with E-state index in [9.17, 15) is 22.4 Å². The van der Waals surface area contributed by atoms with E-state index in [4.69, 9.17) is 11.6 Å². The lowest BCUT2D eigenvalue weighted by atomic mass is 10.0. The highest BCUT2D eigenvalue weighted by molar-refractivity contribution is 7.92. The third kappa shape index (κ3) is 5.74. The summed E-state index contributed by atoms with van der Waals surface area (Å²) in [7, 11) is -3.82. The zero-order valence-corrected chi connectivity index (χ0v) is 20.5. The fourth-order valence-electron chi connectivity index (χ4n) is 3.86. The summed E-state index contributed by atoms with van der Waals surface area (Å²) in [5, 5.41) is 5.73. The molecular weight excluding hydrogens is 514 g/mol. The molecule has 1 heterocycles. The molecule has 1 aliphatic heterocycles. The number of rotatable bonds is 6. The summed E-state index contributed by atoms with van der Waals surface area (Å²) in [6.45, 7) is 0.240. The fraction of sp³-hybridized carbons (Fsp3) is 0.167. The molecule has 0 spiro atoms. The number of para-hydroxylation sites is 1. The van der Waals surface area contributed by atoms with Crippen molar-refractivity contribution < 1.29 is 26.8 Å². The maximum atomic E-state index is 15.1. The van der Waals surface area contributed by atoms with Crippen molar-refractivity contribution in [3.05, 3.63) is 77.3 Å². The highest BCUT2D eigenvalue weighted by Crippen LogP contribution is 2.35. The third-order valence-electron chi connectivity index (χ3n) is 5.47. The van der Waals surface area contributed by atoms with Gasteiger partial charge >= 0.3 is 6.03 Å². The van der Waals surface area contributed by atoms with E-state index in [1.165, 1.54) is 29.2 Å². The number of carbonyl (C=O) groups excluding carboxylic acids is 2. The summed E-state index contributed by atoms with van der Waals surface area (Å²) < 4.78 is 54.8. The van der Waals surface area contributed by atoms with Crippen LogP contribution in [0.4, 0.5) is 30.6 Å². The van der Waals surface area contributed by atoms with Crippen LogP contribution in [0.15, 0.2) is 60.7 Å². The summed E-state index contributed by atoms with van der Waals surface area (Å²) in [5.41, 5.74) is 0.334. The lowest BCUT2D eigenvalue weighted by Gasteiger charge is -2.19. The Hall–Kier alpha value is -3.70. The van der Waals surface area contributed by atoms with Crippen molar-refractivity contribution in [3.8, 4) is 11.1 Å². The number of benzene rings is 3. The second-order valence-corrected chi connectivity index (χ2v) is 10.3. The predicted molar refractivity (Wildman–Crippen MR) is 135 cm³/mol. The number of carbonyl (C=O) groups is 2. The lowest BCUT2D eigenvalue weighted by molar-refractivity contribution is -0.118. The molecule has 0 saturated carbocycles. The van der Waals surface area contributed by atoms with Gasteiger partial charge in [0.25, 0.3) is 0 Å². The Morgan fingerprint density at radius 1 is 1.03 bits per heavy atom. The molecule has 8 nitrogen and oxygen atoms in total. The third-order valence-corrected chi connectivity index (χ3v) is 6.30. The normalized spacial score (nSPS) is 15.6. The van der Waals surface area contributed by atoms with Crippen LogP contribution >= 0.6 is 11.6 Å². The number of amides is 3. The standard InChI is InChI=1S/C24H21ClF2N4O4S/c1-36(34,35)30-22-18(3-2-4-19(22)26)17-10-9-16(13-20(17)27)31-12-11-21(23(31)32)29-24(33)28-15-7-5-14(25)6-8-15/h2-10,13,21,30H,11-12H2,1H3,(H2,28,29,33). The van der Waals surface area contributed by atoms with Crippen LogP contribution in [0.1, 0.15) is 6.42 Å². The van der Waals surface area contributed by atoms with Crippen LogP contribution in [-0.4, -0.2) is 39.2 Å². The molecule has 3 aromatic carbocycles. The molecule has 4 rings (SSSR count). The molecule has 0 aliphatic carbocycles. The van der Waals surface area contributed by atoms with Gasteiger partial charge in [0.05, 0.1) is 11.9 Å². The molecule has 1 aliphatic rings. The first-order chi connectivity index (χ1) is 17.0. The average Bonchev–Trinajstić information content (AvgIpc) is 3.16. The minimum atomic E-state index is -3.82. The average molecular weight is 535 g/mol. The van der Waals surface area contributed by atoms with Crippen molar-refractivity contribution in [1.82, 2.24) is 5.32 Å². The number of hydrogen-bond acceptors (Lipinski definition) is 4. The number of urea groups is 1. The smallest absolute Gasteiger partial charge is 0.319 e. The minimum Gasteiger partial charge on any atom is -0.326 e. The number of nitrogens with zero attached hydrogens (tertiary/aromatic N) is 1. The highest BCUT2D eigenvalue weighted by atomic mass is 35.5. The number of nitrogens with one attached hydrogen (secondary N) is 3. The molecule has 36 heavy (non-hydrogen) atoms. The van der Waals surface area contributed by atoms with E-state index in [-0.39, 0.29) is 29.0 Å². The Bertz CT molecular complexity index is 1430. The van der Waals surface area contributed by atoms with E-state index in [1.54, 1.807) is 24.3 Å². The van der Waals surface area contributed by atoms with Crippen LogP contribution in [-0.2, 0) is 14.8 Å². The molecule has 3 amide bonds. The van der Waals surface area contributed by atoms with Crippen LogP contribution in [0.25, 0.3) is 11.1 Å². The minimum absolute atomic E-state index is 0.00985. The van der Waals surface area contributed by atoms with Crippen LogP contribution in [0.2, 0.25) is 5.02 Å². The van der Waals surface area contributed by atoms with Crippen molar-refractivity contribution in [2.75, 3.05) is 27.7 Å². The number of hydrogen-bond donors (Lipinski definition) is 3. The van der Waals surface area contributed by atoms with Crippen molar-refractivity contribution in [2.24, 2.45) is 0 Å². The first-order valence-corrected chi connectivity index (χ1v) is 13.0. The fourth-order valence-corrected chi connectivity index (χ4v) is 4.56. The largest absolute Gasteiger partial charge is 0.326 e. The molecule has 0 aromatic heterocycles. The number of sulfonamides is 1. The van der Waals surface area contributed by atoms with Crippen molar-refractivity contribution in [3.63, 3.8) is 0 Å². The van der Waals surface area contributed by atoms with E-state index in [2.05, 4.69) is 15.4 Å². The molecular formula is C24H21ClF2N4O4S.